The van der Waals surface area contributed by atoms with Gasteiger partial charge in [-0.05, 0) is 11.6 Å². The van der Waals surface area contributed by atoms with Gasteiger partial charge < -0.3 is 9.30 Å². The average Bonchev–Trinajstić information content (AvgIpc) is 2.95. The summed E-state index contributed by atoms with van der Waals surface area (Å²) in [6.07, 6.45) is 5.35. The number of primary sulfonamides is 1. The van der Waals surface area contributed by atoms with Crippen LogP contribution < -0.4 is 5.14 Å². The maximum atomic E-state index is 11.8. The number of likely N-dealkylation sites (tertiary alicyclic amines) is 1. The number of nitrogens with zero attached hydrogens (tertiary/aromatic N) is 3. The molecule has 0 saturated carbocycles. The molecule has 2 aromatic heterocycles. The molecule has 1 atom stereocenters. The van der Waals surface area contributed by atoms with Crippen molar-refractivity contribution in [3.8, 4) is 0 Å². The van der Waals surface area contributed by atoms with Gasteiger partial charge in [0.15, 0.2) is 0 Å². The molecule has 3 heterocycles. The van der Waals surface area contributed by atoms with E-state index >= 15 is 0 Å². The minimum Gasteiger partial charge on any atom is -0.337 e. The van der Waals surface area contributed by atoms with Crippen LogP contribution in [0.2, 0.25) is 0 Å². The highest BCUT2D eigenvalue weighted by Crippen LogP contribution is 2.19. The van der Waals surface area contributed by atoms with E-state index in [2.05, 4.69) is 4.98 Å². The molecule has 1 unspecified atom stereocenters. The van der Waals surface area contributed by atoms with Gasteiger partial charge >= 0.3 is 0 Å². The van der Waals surface area contributed by atoms with Gasteiger partial charge in [0, 0.05) is 38.1 Å². The highest BCUT2D eigenvalue weighted by molar-refractivity contribution is 7.89. The topological polar surface area (TPSA) is 97.8 Å². The Morgan fingerprint density at radius 2 is 2.20 bits per heavy atom. The summed E-state index contributed by atoms with van der Waals surface area (Å²) >= 11 is 0. The van der Waals surface area contributed by atoms with Crippen molar-refractivity contribution >= 4 is 21.6 Å². The zero-order valence-corrected chi connectivity index (χ0v) is 11.5. The zero-order chi connectivity index (χ0) is 14.3. The summed E-state index contributed by atoms with van der Waals surface area (Å²) in [6.45, 7) is 0.526. The quantitative estimate of drug-likeness (QED) is 0.842. The first-order valence-electron chi connectivity index (χ1n) is 6.14. The molecular formula is C12H14N4O3S. The first-order chi connectivity index (χ1) is 9.43. The predicted molar refractivity (Wildman–Crippen MR) is 72.1 cm³/mol. The molecule has 0 aromatic carbocycles. The maximum absolute atomic E-state index is 11.8. The van der Waals surface area contributed by atoms with E-state index < -0.39 is 15.3 Å². The van der Waals surface area contributed by atoms with E-state index in [0.717, 1.165) is 11.2 Å². The number of hydrogen-bond acceptors (Lipinski definition) is 4. The lowest BCUT2D eigenvalue weighted by atomic mass is 10.2. The molecule has 8 heteroatoms. The van der Waals surface area contributed by atoms with Gasteiger partial charge in [0.2, 0.25) is 15.9 Å². The number of carbonyl (C=O) groups is 1. The van der Waals surface area contributed by atoms with Crippen molar-refractivity contribution in [1.29, 1.82) is 0 Å². The van der Waals surface area contributed by atoms with E-state index in [1.807, 2.05) is 28.9 Å². The van der Waals surface area contributed by atoms with Gasteiger partial charge in [0.05, 0.1) is 0 Å². The van der Waals surface area contributed by atoms with Crippen LogP contribution in [0.25, 0.3) is 5.65 Å². The van der Waals surface area contributed by atoms with Crippen molar-refractivity contribution in [2.24, 2.45) is 5.14 Å². The van der Waals surface area contributed by atoms with E-state index in [0.29, 0.717) is 6.54 Å². The summed E-state index contributed by atoms with van der Waals surface area (Å²) in [4.78, 5) is 17.5. The van der Waals surface area contributed by atoms with Gasteiger partial charge in [-0.1, -0.05) is 6.07 Å². The molecular weight excluding hydrogens is 280 g/mol. The Morgan fingerprint density at radius 1 is 1.40 bits per heavy atom. The molecule has 7 nitrogen and oxygen atoms in total. The average molecular weight is 294 g/mol. The molecule has 20 heavy (non-hydrogen) atoms. The van der Waals surface area contributed by atoms with Crippen LogP contribution in [-0.4, -0.2) is 40.4 Å². The molecule has 2 aromatic rings. The van der Waals surface area contributed by atoms with Gasteiger partial charge in [0.25, 0.3) is 0 Å². The molecule has 1 saturated heterocycles. The van der Waals surface area contributed by atoms with E-state index in [1.165, 1.54) is 4.90 Å². The summed E-state index contributed by atoms with van der Waals surface area (Å²) in [6, 6.07) is 3.73. The predicted octanol–water partition coefficient (Wildman–Crippen LogP) is -0.276. The molecule has 1 aliphatic rings. The second-order valence-electron chi connectivity index (χ2n) is 4.92. The third-order valence-electron chi connectivity index (χ3n) is 3.47. The van der Waals surface area contributed by atoms with Crippen molar-refractivity contribution < 1.29 is 13.2 Å². The van der Waals surface area contributed by atoms with Crippen LogP contribution in [0.4, 0.5) is 0 Å². The van der Waals surface area contributed by atoms with E-state index in [-0.39, 0.29) is 18.9 Å². The maximum Gasteiger partial charge on any atom is 0.224 e. The monoisotopic (exact) mass is 294 g/mol. The SMILES string of the molecule is NS(=O)(=O)C1CC(=O)N(Cc2ccc3nccn3c2)C1. The van der Waals surface area contributed by atoms with Crippen LogP contribution in [0, 0.1) is 0 Å². The van der Waals surface area contributed by atoms with Crippen molar-refractivity contribution in [2.45, 2.75) is 18.2 Å². The van der Waals surface area contributed by atoms with E-state index in [1.54, 1.807) is 6.20 Å². The first kappa shape index (κ1) is 13.1. The highest BCUT2D eigenvalue weighted by atomic mass is 32.2. The number of aromatic nitrogens is 2. The molecule has 1 aliphatic heterocycles. The summed E-state index contributed by atoms with van der Waals surface area (Å²) in [7, 11) is -3.66. The van der Waals surface area contributed by atoms with Crippen LogP contribution in [0.3, 0.4) is 0 Å². The number of nitrogens with two attached hydrogens (primary N) is 1. The van der Waals surface area contributed by atoms with Gasteiger partial charge in [-0.25, -0.2) is 18.5 Å². The third kappa shape index (κ3) is 2.39. The van der Waals surface area contributed by atoms with Gasteiger partial charge in [-0.15, -0.1) is 0 Å². The standard InChI is InChI=1S/C12H14N4O3S/c13-20(18,19)10-5-12(17)16(8-10)7-9-1-2-11-14-3-4-15(11)6-9/h1-4,6,10H,5,7-8H2,(H2,13,18,19). The Morgan fingerprint density at radius 3 is 2.90 bits per heavy atom. The lowest BCUT2D eigenvalue weighted by Crippen LogP contribution is -2.31. The molecule has 1 amide bonds. The second-order valence-corrected chi connectivity index (χ2v) is 6.76. The molecule has 0 bridgehead atoms. The fraction of sp³-hybridized carbons (Fsp3) is 0.333. The Bertz CT molecular complexity index is 768. The second kappa shape index (κ2) is 4.57. The lowest BCUT2D eigenvalue weighted by molar-refractivity contribution is -0.128. The van der Waals surface area contributed by atoms with Crippen LogP contribution in [0.5, 0.6) is 0 Å². The Hall–Kier alpha value is -1.93. The minimum atomic E-state index is -3.66. The Labute approximate surface area is 116 Å². The summed E-state index contributed by atoms with van der Waals surface area (Å²) in [5, 5.41) is 4.30. The minimum absolute atomic E-state index is 0.0356. The number of sulfonamides is 1. The van der Waals surface area contributed by atoms with Gasteiger partial charge in [-0.2, -0.15) is 0 Å². The summed E-state index contributed by atoms with van der Waals surface area (Å²) in [5.74, 6) is -0.185. The number of hydrogen-bond donors (Lipinski definition) is 1. The molecule has 106 valence electrons. The van der Waals surface area contributed by atoms with Crippen molar-refractivity contribution in [2.75, 3.05) is 6.54 Å². The van der Waals surface area contributed by atoms with Crippen LogP contribution >= 0.6 is 0 Å². The first-order valence-corrected chi connectivity index (χ1v) is 7.75. The number of fused-ring (bicyclic) bond motifs is 1. The number of pyridine rings is 1. The normalized spacial score (nSPS) is 19.9. The Balaban J connectivity index is 1.79. The van der Waals surface area contributed by atoms with E-state index in [9.17, 15) is 13.2 Å². The summed E-state index contributed by atoms with van der Waals surface area (Å²) in [5.41, 5.74) is 1.74. The fourth-order valence-corrected chi connectivity index (χ4v) is 3.15. The van der Waals surface area contributed by atoms with Crippen LogP contribution in [0.1, 0.15) is 12.0 Å². The van der Waals surface area contributed by atoms with Crippen LogP contribution in [-0.2, 0) is 21.4 Å². The molecule has 1 fully saturated rings. The van der Waals surface area contributed by atoms with Gasteiger partial charge in [0.1, 0.15) is 10.9 Å². The highest BCUT2D eigenvalue weighted by Gasteiger charge is 2.36. The number of carbonyl (C=O) groups excluding carboxylic acids is 1. The molecule has 0 aliphatic carbocycles. The number of imidazole rings is 1. The van der Waals surface area contributed by atoms with E-state index in [4.69, 9.17) is 5.14 Å². The zero-order valence-electron chi connectivity index (χ0n) is 10.6. The van der Waals surface area contributed by atoms with Crippen molar-refractivity contribution in [3.05, 3.63) is 36.3 Å². The van der Waals surface area contributed by atoms with Gasteiger partial charge in [-0.3, -0.25) is 4.79 Å². The van der Waals surface area contributed by atoms with Crippen molar-refractivity contribution in [3.63, 3.8) is 0 Å². The van der Waals surface area contributed by atoms with Crippen LogP contribution in [0.15, 0.2) is 30.7 Å². The third-order valence-corrected chi connectivity index (χ3v) is 4.71. The number of amides is 1. The fourth-order valence-electron chi connectivity index (χ4n) is 2.39. The lowest BCUT2D eigenvalue weighted by Gasteiger charge is -2.16. The van der Waals surface area contributed by atoms with Crippen molar-refractivity contribution in [1.82, 2.24) is 14.3 Å². The smallest absolute Gasteiger partial charge is 0.224 e. The summed E-state index contributed by atoms with van der Waals surface area (Å²) < 4.78 is 24.5. The molecule has 2 N–H and O–H groups in total. The Kier molecular flexibility index (Phi) is 2.98. The molecule has 0 radical (unpaired) electrons. The number of rotatable bonds is 3. The largest absolute Gasteiger partial charge is 0.337 e. The molecule has 0 spiro atoms. The molecule has 3 rings (SSSR count).